The minimum Gasteiger partial charge on any atom is -0.344 e. The van der Waals surface area contributed by atoms with E-state index in [4.69, 9.17) is 9.47 Å². The van der Waals surface area contributed by atoms with Crippen LogP contribution in [0.3, 0.4) is 0 Å². The van der Waals surface area contributed by atoms with Crippen LogP contribution < -0.4 is 0 Å². The Morgan fingerprint density at radius 3 is 2.59 bits per heavy atom. The lowest BCUT2D eigenvalue weighted by molar-refractivity contribution is -0.161. The van der Waals surface area contributed by atoms with Crippen LogP contribution in [0.25, 0.3) is 0 Å². The summed E-state index contributed by atoms with van der Waals surface area (Å²) in [6, 6.07) is 10.4. The van der Waals surface area contributed by atoms with Crippen LogP contribution in [0.1, 0.15) is 33.1 Å². The average molecular weight is 318 g/mol. The minimum absolute atomic E-state index is 0.100. The quantitative estimate of drug-likeness (QED) is 0.833. The van der Waals surface area contributed by atoms with E-state index in [1.807, 2.05) is 31.7 Å². The Labute approximate surface area is 135 Å². The van der Waals surface area contributed by atoms with Crippen LogP contribution in [-0.4, -0.2) is 29.0 Å². The van der Waals surface area contributed by atoms with Crippen LogP contribution in [0.2, 0.25) is 0 Å². The fourth-order valence-electron chi connectivity index (χ4n) is 4.25. The van der Waals surface area contributed by atoms with E-state index in [1.165, 1.54) is 4.90 Å². The Morgan fingerprint density at radius 1 is 1.09 bits per heavy atom. The fourth-order valence-corrected chi connectivity index (χ4v) is 5.62. The van der Waals surface area contributed by atoms with Crippen LogP contribution in [0.15, 0.2) is 35.2 Å². The Hall–Kier alpha value is -0.840. The highest BCUT2D eigenvalue weighted by Gasteiger charge is 2.57. The van der Waals surface area contributed by atoms with Gasteiger partial charge in [0.05, 0.1) is 12.2 Å². The lowest BCUT2D eigenvalue weighted by atomic mass is 9.95. The number of carbonyl (C=O) groups excluding carboxylic acids is 1. The molecule has 1 aromatic rings. The Morgan fingerprint density at radius 2 is 1.82 bits per heavy atom. The Kier molecular flexibility index (Phi) is 3.59. The zero-order valence-corrected chi connectivity index (χ0v) is 13.8. The van der Waals surface area contributed by atoms with Crippen LogP contribution >= 0.6 is 11.8 Å². The van der Waals surface area contributed by atoms with Crippen molar-refractivity contribution >= 4 is 17.5 Å². The first-order valence-electron chi connectivity index (χ1n) is 8.11. The maximum absolute atomic E-state index is 12.3. The number of ketones is 1. The van der Waals surface area contributed by atoms with Gasteiger partial charge in [0.25, 0.3) is 0 Å². The third-order valence-corrected chi connectivity index (χ3v) is 6.42. The predicted molar refractivity (Wildman–Crippen MR) is 85.8 cm³/mol. The molecule has 1 heterocycles. The summed E-state index contributed by atoms with van der Waals surface area (Å²) in [6.45, 7) is 3.97. The van der Waals surface area contributed by atoms with Crippen molar-refractivity contribution in [2.75, 3.05) is 0 Å². The molecule has 5 atom stereocenters. The van der Waals surface area contributed by atoms with Crippen LogP contribution in [-0.2, 0) is 14.3 Å². The summed E-state index contributed by atoms with van der Waals surface area (Å²) >= 11 is 1.83. The first-order valence-corrected chi connectivity index (χ1v) is 8.99. The van der Waals surface area contributed by atoms with Crippen molar-refractivity contribution in [1.82, 2.24) is 0 Å². The van der Waals surface area contributed by atoms with Gasteiger partial charge in [-0.25, -0.2) is 0 Å². The van der Waals surface area contributed by atoms with E-state index in [0.717, 1.165) is 6.42 Å². The fraction of sp³-hybridized carbons (Fsp3) is 0.611. The molecule has 1 saturated heterocycles. The molecular weight excluding hydrogens is 296 g/mol. The number of fused-ring (bicyclic) bond motifs is 5. The molecule has 2 bridgehead atoms. The monoisotopic (exact) mass is 318 g/mol. The van der Waals surface area contributed by atoms with E-state index in [0.29, 0.717) is 35.7 Å². The summed E-state index contributed by atoms with van der Waals surface area (Å²) in [4.78, 5) is 13.6. The van der Waals surface area contributed by atoms with E-state index in [9.17, 15) is 4.79 Å². The number of rotatable bonds is 2. The summed E-state index contributed by atoms with van der Waals surface area (Å²) in [5.74, 6) is 0.619. The number of hydrogen-bond donors (Lipinski definition) is 0. The lowest BCUT2D eigenvalue weighted by Gasteiger charge is -2.27. The number of ether oxygens (including phenoxy) is 2. The second-order valence-electron chi connectivity index (χ2n) is 7.14. The summed E-state index contributed by atoms with van der Waals surface area (Å²) in [7, 11) is 0. The summed E-state index contributed by atoms with van der Waals surface area (Å²) in [6.07, 6.45) is 2.62. The first kappa shape index (κ1) is 14.7. The Balaban J connectivity index is 1.60. The number of hydrogen-bond acceptors (Lipinski definition) is 4. The smallest absolute Gasteiger partial charge is 0.163 e. The maximum Gasteiger partial charge on any atom is 0.163 e. The van der Waals surface area contributed by atoms with E-state index < -0.39 is 5.79 Å². The zero-order valence-electron chi connectivity index (χ0n) is 13.0. The molecule has 1 aromatic carbocycles. The molecule has 22 heavy (non-hydrogen) atoms. The zero-order chi connectivity index (χ0) is 15.3. The molecule has 0 spiro atoms. The third kappa shape index (κ3) is 2.61. The molecule has 3 aliphatic rings. The van der Waals surface area contributed by atoms with Gasteiger partial charge in [-0.3, -0.25) is 4.79 Å². The molecule has 0 aromatic heterocycles. The molecule has 3 nitrogen and oxygen atoms in total. The summed E-state index contributed by atoms with van der Waals surface area (Å²) in [5.41, 5.74) is 0. The highest BCUT2D eigenvalue weighted by molar-refractivity contribution is 8.00. The molecule has 2 saturated carbocycles. The van der Waals surface area contributed by atoms with E-state index in [-0.39, 0.29) is 12.2 Å². The molecule has 3 fully saturated rings. The van der Waals surface area contributed by atoms with Gasteiger partial charge in [-0.15, -0.1) is 11.8 Å². The molecule has 2 aliphatic carbocycles. The van der Waals surface area contributed by atoms with Crippen molar-refractivity contribution < 1.29 is 14.3 Å². The maximum atomic E-state index is 12.3. The molecule has 0 N–H and O–H groups in total. The average Bonchev–Trinajstić information content (AvgIpc) is 2.87. The number of benzene rings is 1. The second kappa shape index (κ2) is 5.36. The standard InChI is InChI=1S/C18H22O3S/c1-18(2)20-16-11-8-12(19)10-15(14(9-11)17(16)21-18)22-13-6-4-3-5-7-13/h3-7,11,14-17H,8-10H2,1-2H3/t11-,14-,15?,16+,17-/m1/s1. The summed E-state index contributed by atoms with van der Waals surface area (Å²) in [5, 5.41) is 0.299. The molecule has 118 valence electrons. The molecule has 1 unspecified atom stereocenters. The predicted octanol–water partition coefficient (Wildman–Crippen LogP) is 3.67. The highest BCUT2D eigenvalue weighted by Crippen LogP contribution is 2.52. The Bertz CT molecular complexity index is 571. The van der Waals surface area contributed by atoms with E-state index >= 15 is 0 Å². The first-order chi connectivity index (χ1) is 10.5. The van der Waals surface area contributed by atoms with Crippen molar-refractivity contribution in [2.24, 2.45) is 11.8 Å². The van der Waals surface area contributed by atoms with E-state index in [1.54, 1.807) is 0 Å². The van der Waals surface area contributed by atoms with Gasteiger partial charge in [0, 0.05) is 28.9 Å². The number of Topliss-reactive ketones (excluding diaryl/α,β-unsaturated/α-hetero) is 1. The highest BCUT2D eigenvalue weighted by atomic mass is 32.2. The van der Waals surface area contributed by atoms with Crippen molar-refractivity contribution in [1.29, 1.82) is 0 Å². The molecule has 1 aliphatic heterocycles. The van der Waals surface area contributed by atoms with Crippen molar-refractivity contribution in [3.8, 4) is 0 Å². The van der Waals surface area contributed by atoms with Gasteiger partial charge in [0.1, 0.15) is 5.78 Å². The third-order valence-electron chi connectivity index (χ3n) is 5.05. The van der Waals surface area contributed by atoms with Crippen LogP contribution in [0.5, 0.6) is 0 Å². The van der Waals surface area contributed by atoms with Gasteiger partial charge in [-0.05, 0) is 38.3 Å². The topological polar surface area (TPSA) is 35.5 Å². The molecular formula is C18H22O3S. The van der Waals surface area contributed by atoms with E-state index in [2.05, 4.69) is 24.3 Å². The van der Waals surface area contributed by atoms with Gasteiger partial charge < -0.3 is 9.47 Å². The van der Waals surface area contributed by atoms with Crippen LogP contribution in [0, 0.1) is 11.8 Å². The molecule has 0 radical (unpaired) electrons. The lowest BCUT2D eigenvalue weighted by Crippen LogP contribution is -2.34. The van der Waals surface area contributed by atoms with Gasteiger partial charge in [0.15, 0.2) is 5.79 Å². The second-order valence-corrected chi connectivity index (χ2v) is 8.45. The molecule has 4 rings (SSSR count). The van der Waals surface area contributed by atoms with Crippen molar-refractivity contribution in [2.45, 2.75) is 61.3 Å². The van der Waals surface area contributed by atoms with Crippen molar-refractivity contribution in [3.05, 3.63) is 30.3 Å². The van der Waals surface area contributed by atoms with Gasteiger partial charge in [-0.1, -0.05) is 18.2 Å². The minimum atomic E-state index is -0.512. The van der Waals surface area contributed by atoms with Gasteiger partial charge in [0.2, 0.25) is 0 Å². The summed E-state index contributed by atoms with van der Waals surface area (Å²) < 4.78 is 12.3. The van der Waals surface area contributed by atoms with Gasteiger partial charge in [-0.2, -0.15) is 0 Å². The normalized spacial score (nSPS) is 39.5. The number of carbonyl (C=O) groups is 1. The van der Waals surface area contributed by atoms with Gasteiger partial charge >= 0.3 is 0 Å². The SMILES string of the molecule is CC1(C)O[C@H]2[C@@H]3CC(=O)CC(Sc4ccccc4)[C@@H](C3)[C@H]2O1. The van der Waals surface area contributed by atoms with Crippen LogP contribution in [0.4, 0.5) is 0 Å². The number of thioether (sulfide) groups is 1. The molecule has 4 heteroatoms. The largest absolute Gasteiger partial charge is 0.344 e. The van der Waals surface area contributed by atoms with Crippen molar-refractivity contribution in [3.63, 3.8) is 0 Å². The molecule has 0 amide bonds.